The molecule has 1 heterocycles. The maximum absolute atomic E-state index is 12.3. The largest absolute Gasteiger partial charge is 0.393 e. The number of hydrogen-bond acceptors (Lipinski definition) is 2. The highest BCUT2D eigenvalue weighted by Gasteiger charge is 2.46. The highest BCUT2D eigenvalue weighted by Crippen LogP contribution is 2.35. The van der Waals surface area contributed by atoms with Gasteiger partial charge in [0.15, 0.2) is 0 Å². The van der Waals surface area contributed by atoms with E-state index >= 15 is 0 Å². The van der Waals surface area contributed by atoms with Crippen LogP contribution in [0.25, 0.3) is 0 Å². The smallest absolute Gasteiger partial charge is 0.383 e. The SMILES string of the molecule is COC[C@@H]1C[C@H](C(F)(F)F)CN1C. The van der Waals surface area contributed by atoms with Gasteiger partial charge in [-0.25, -0.2) is 0 Å². The summed E-state index contributed by atoms with van der Waals surface area (Å²) in [5.41, 5.74) is 0. The Kier molecular flexibility index (Phi) is 3.18. The molecule has 5 heteroatoms. The van der Waals surface area contributed by atoms with Crippen LogP contribution >= 0.6 is 0 Å². The molecule has 0 aromatic rings. The highest BCUT2D eigenvalue weighted by molar-refractivity contribution is 4.86. The zero-order chi connectivity index (χ0) is 10.1. The van der Waals surface area contributed by atoms with Crippen LogP contribution in [0.1, 0.15) is 6.42 Å². The Labute approximate surface area is 75.7 Å². The van der Waals surface area contributed by atoms with Crippen LogP contribution in [0, 0.1) is 5.92 Å². The Balaban J connectivity index is 2.50. The second-order valence-electron chi connectivity index (χ2n) is 3.52. The molecule has 2 atom stereocenters. The molecule has 0 aromatic carbocycles. The standard InChI is InChI=1S/C8H14F3NO/c1-12-4-6(8(9,10)11)3-7(12)5-13-2/h6-7H,3-5H2,1-2H3/t6-,7-/m0/s1. The molecular formula is C8H14F3NO. The average molecular weight is 197 g/mol. The fourth-order valence-electron chi connectivity index (χ4n) is 1.70. The molecule has 78 valence electrons. The maximum atomic E-state index is 12.3. The molecule has 0 unspecified atom stereocenters. The topological polar surface area (TPSA) is 12.5 Å². The van der Waals surface area contributed by atoms with Gasteiger partial charge in [0.2, 0.25) is 0 Å². The summed E-state index contributed by atoms with van der Waals surface area (Å²) in [6.45, 7) is 0.473. The van der Waals surface area contributed by atoms with Gasteiger partial charge in [0.25, 0.3) is 0 Å². The van der Waals surface area contributed by atoms with Crippen molar-refractivity contribution in [2.45, 2.75) is 18.6 Å². The molecule has 0 N–H and O–H groups in total. The van der Waals surface area contributed by atoms with Gasteiger partial charge in [-0.15, -0.1) is 0 Å². The molecule has 0 spiro atoms. The lowest BCUT2D eigenvalue weighted by Gasteiger charge is -2.17. The number of methoxy groups -OCH3 is 1. The third kappa shape index (κ3) is 2.57. The molecule has 1 fully saturated rings. The third-order valence-corrected chi connectivity index (χ3v) is 2.51. The summed E-state index contributed by atoms with van der Waals surface area (Å²) in [6, 6.07) is -0.0865. The summed E-state index contributed by atoms with van der Waals surface area (Å²) in [5, 5.41) is 0. The van der Waals surface area contributed by atoms with Gasteiger partial charge in [0.05, 0.1) is 12.5 Å². The Morgan fingerprint density at radius 1 is 1.46 bits per heavy atom. The van der Waals surface area contributed by atoms with E-state index in [1.165, 1.54) is 7.11 Å². The quantitative estimate of drug-likeness (QED) is 0.665. The van der Waals surface area contributed by atoms with Crippen molar-refractivity contribution in [3.8, 4) is 0 Å². The van der Waals surface area contributed by atoms with Gasteiger partial charge in [-0.2, -0.15) is 13.2 Å². The van der Waals surface area contributed by atoms with Crippen LogP contribution in [0.2, 0.25) is 0 Å². The molecule has 0 bridgehead atoms. The second-order valence-corrected chi connectivity index (χ2v) is 3.52. The monoisotopic (exact) mass is 197 g/mol. The lowest BCUT2D eigenvalue weighted by Crippen LogP contribution is -2.29. The Morgan fingerprint density at radius 3 is 2.46 bits per heavy atom. The molecule has 0 aliphatic carbocycles. The predicted octanol–water partition coefficient (Wildman–Crippen LogP) is 1.52. The first-order valence-electron chi connectivity index (χ1n) is 4.21. The minimum absolute atomic E-state index is 0.0865. The van der Waals surface area contributed by atoms with Gasteiger partial charge in [0, 0.05) is 19.7 Å². The molecule has 1 aliphatic heterocycles. The van der Waals surface area contributed by atoms with Crippen LogP contribution in [-0.2, 0) is 4.74 Å². The minimum atomic E-state index is -4.06. The molecular weight excluding hydrogens is 183 g/mol. The van der Waals surface area contributed by atoms with Crippen molar-refractivity contribution >= 4 is 0 Å². The minimum Gasteiger partial charge on any atom is -0.383 e. The van der Waals surface area contributed by atoms with Gasteiger partial charge in [-0.1, -0.05) is 0 Å². The number of likely N-dealkylation sites (N-methyl/N-ethyl adjacent to an activating group) is 1. The molecule has 0 saturated carbocycles. The fourth-order valence-corrected chi connectivity index (χ4v) is 1.70. The normalized spacial score (nSPS) is 31.2. The van der Waals surface area contributed by atoms with E-state index in [1.54, 1.807) is 11.9 Å². The number of halogens is 3. The number of rotatable bonds is 2. The first-order chi connectivity index (χ1) is 5.95. The van der Waals surface area contributed by atoms with Crippen molar-refractivity contribution in [3.63, 3.8) is 0 Å². The highest BCUT2D eigenvalue weighted by atomic mass is 19.4. The summed E-state index contributed by atoms with van der Waals surface area (Å²) in [6.07, 6.45) is -3.90. The molecule has 1 aliphatic rings. The summed E-state index contributed by atoms with van der Waals surface area (Å²) < 4.78 is 41.7. The molecule has 1 saturated heterocycles. The fraction of sp³-hybridized carbons (Fsp3) is 1.00. The Hall–Kier alpha value is -0.290. The van der Waals surface area contributed by atoms with Crippen LogP contribution in [0.4, 0.5) is 13.2 Å². The number of hydrogen-bond donors (Lipinski definition) is 0. The van der Waals surface area contributed by atoms with Crippen molar-refractivity contribution in [2.24, 2.45) is 5.92 Å². The van der Waals surface area contributed by atoms with Crippen LogP contribution in [0.5, 0.6) is 0 Å². The molecule has 0 radical (unpaired) electrons. The van der Waals surface area contributed by atoms with E-state index in [4.69, 9.17) is 4.74 Å². The molecule has 0 aromatic heterocycles. The summed E-state index contributed by atoms with van der Waals surface area (Å²) in [4.78, 5) is 1.71. The van der Waals surface area contributed by atoms with Gasteiger partial charge < -0.3 is 9.64 Å². The Morgan fingerprint density at radius 2 is 2.08 bits per heavy atom. The molecule has 1 rings (SSSR count). The lowest BCUT2D eigenvalue weighted by molar-refractivity contribution is -0.170. The predicted molar refractivity (Wildman–Crippen MR) is 42.5 cm³/mol. The maximum Gasteiger partial charge on any atom is 0.393 e. The van der Waals surface area contributed by atoms with Gasteiger partial charge in [-0.3, -0.25) is 0 Å². The van der Waals surface area contributed by atoms with Gasteiger partial charge in [-0.05, 0) is 13.5 Å². The Bertz CT molecular complexity index is 171. The van der Waals surface area contributed by atoms with Crippen LogP contribution < -0.4 is 0 Å². The van der Waals surface area contributed by atoms with E-state index in [2.05, 4.69) is 0 Å². The van der Waals surface area contributed by atoms with Crippen molar-refractivity contribution in [1.29, 1.82) is 0 Å². The van der Waals surface area contributed by atoms with Crippen molar-refractivity contribution in [2.75, 3.05) is 27.3 Å². The van der Waals surface area contributed by atoms with Gasteiger partial charge in [0.1, 0.15) is 0 Å². The van der Waals surface area contributed by atoms with E-state index in [-0.39, 0.29) is 19.0 Å². The van der Waals surface area contributed by atoms with E-state index in [0.717, 1.165) is 0 Å². The van der Waals surface area contributed by atoms with Crippen LogP contribution in [0.3, 0.4) is 0 Å². The third-order valence-electron chi connectivity index (χ3n) is 2.51. The summed E-state index contributed by atoms with van der Waals surface area (Å²) in [7, 11) is 3.21. The first-order valence-corrected chi connectivity index (χ1v) is 4.21. The van der Waals surface area contributed by atoms with Crippen LogP contribution in [-0.4, -0.2) is 44.4 Å². The van der Waals surface area contributed by atoms with E-state index in [1.807, 2.05) is 0 Å². The van der Waals surface area contributed by atoms with E-state index < -0.39 is 12.1 Å². The van der Waals surface area contributed by atoms with Crippen molar-refractivity contribution < 1.29 is 17.9 Å². The number of alkyl halides is 3. The van der Waals surface area contributed by atoms with E-state index in [9.17, 15) is 13.2 Å². The average Bonchev–Trinajstić information content (AvgIpc) is 2.32. The summed E-state index contributed by atoms with van der Waals surface area (Å²) in [5.74, 6) is -1.18. The first kappa shape index (κ1) is 10.8. The number of nitrogens with zero attached hydrogens (tertiary/aromatic N) is 1. The zero-order valence-electron chi connectivity index (χ0n) is 7.77. The van der Waals surface area contributed by atoms with Crippen molar-refractivity contribution in [1.82, 2.24) is 4.90 Å². The van der Waals surface area contributed by atoms with E-state index in [0.29, 0.717) is 6.61 Å². The molecule has 2 nitrogen and oxygen atoms in total. The zero-order valence-corrected chi connectivity index (χ0v) is 7.77. The second kappa shape index (κ2) is 3.84. The van der Waals surface area contributed by atoms with Crippen molar-refractivity contribution in [3.05, 3.63) is 0 Å². The number of ether oxygens (including phenoxy) is 1. The number of likely N-dealkylation sites (tertiary alicyclic amines) is 1. The molecule has 0 amide bonds. The molecule has 13 heavy (non-hydrogen) atoms. The lowest BCUT2D eigenvalue weighted by atomic mass is 10.1. The van der Waals surface area contributed by atoms with Crippen LogP contribution in [0.15, 0.2) is 0 Å². The summed E-state index contributed by atoms with van der Waals surface area (Å²) >= 11 is 0. The van der Waals surface area contributed by atoms with Gasteiger partial charge >= 0.3 is 6.18 Å².